The van der Waals surface area contributed by atoms with Gasteiger partial charge in [0.2, 0.25) is 0 Å². The molecule has 1 N–H and O–H groups in total. The van der Waals surface area contributed by atoms with Crippen LogP contribution in [0.2, 0.25) is 0 Å². The number of carboxylic acids is 1. The first-order valence-corrected chi connectivity index (χ1v) is 3.85. The quantitative estimate of drug-likeness (QED) is 0.744. The predicted molar refractivity (Wildman–Crippen MR) is 52.3 cm³/mol. The second kappa shape index (κ2) is 4.93. The summed E-state index contributed by atoms with van der Waals surface area (Å²) >= 11 is 0. The highest BCUT2D eigenvalue weighted by atomic mass is 16.5. The highest BCUT2D eigenvalue weighted by Crippen LogP contribution is 2.11. The van der Waals surface area contributed by atoms with Crippen LogP contribution >= 0.6 is 0 Å². The second-order valence-electron chi connectivity index (χ2n) is 2.42. The first kappa shape index (κ1) is 6.50. The molecule has 72 valence electrons. The van der Waals surface area contributed by atoms with Crippen molar-refractivity contribution in [2.45, 2.75) is 6.85 Å². The van der Waals surface area contributed by atoms with Gasteiger partial charge in [0.05, 0.1) is 5.56 Å². The number of benzene rings is 1. The average Bonchev–Trinajstić information content (AvgIpc) is 2.24. The SMILES string of the molecule is [2H]C([2H])([2H])C#CCOc1ccc(C(=O)O)cc1. The van der Waals surface area contributed by atoms with Gasteiger partial charge in [0, 0.05) is 4.11 Å². The Hall–Kier alpha value is -1.95. The summed E-state index contributed by atoms with van der Waals surface area (Å²) in [6.45, 7) is -2.33. The van der Waals surface area contributed by atoms with E-state index >= 15 is 0 Å². The number of aromatic carboxylic acids is 1. The Balaban J connectivity index is 2.53. The Kier molecular flexibility index (Phi) is 2.29. The molecule has 1 aromatic rings. The van der Waals surface area contributed by atoms with Crippen molar-refractivity contribution in [2.75, 3.05) is 6.61 Å². The van der Waals surface area contributed by atoms with Crippen molar-refractivity contribution in [1.29, 1.82) is 0 Å². The van der Waals surface area contributed by atoms with Crippen LogP contribution in [0.15, 0.2) is 24.3 Å². The maximum absolute atomic E-state index is 10.6. The summed E-state index contributed by atoms with van der Waals surface area (Å²) in [6, 6.07) is 5.77. The summed E-state index contributed by atoms with van der Waals surface area (Å²) in [5.74, 6) is 3.84. The molecule has 1 aromatic carbocycles. The van der Waals surface area contributed by atoms with Crippen molar-refractivity contribution in [3.05, 3.63) is 29.8 Å². The molecule has 0 atom stereocenters. The first-order valence-electron chi connectivity index (χ1n) is 5.35. The lowest BCUT2D eigenvalue weighted by molar-refractivity contribution is 0.0697. The van der Waals surface area contributed by atoms with Gasteiger partial charge in [-0.25, -0.2) is 4.79 Å². The third kappa shape index (κ3) is 2.83. The van der Waals surface area contributed by atoms with Crippen molar-refractivity contribution in [3.8, 4) is 17.6 Å². The number of hydrogen-bond acceptors (Lipinski definition) is 2. The Morgan fingerprint density at radius 1 is 1.57 bits per heavy atom. The molecular weight excluding hydrogens is 180 g/mol. The molecular formula is C11H10O3. The minimum Gasteiger partial charge on any atom is -0.481 e. The van der Waals surface area contributed by atoms with E-state index in [0.717, 1.165) is 0 Å². The van der Waals surface area contributed by atoms with Gasteiger partial charge in [-0.15, -0.1) is 5.92 Å². The molecule has 3 heteroatoms. The molecule has 0 aliphatic rings. The fraction of sp³-hybridized carbons (Fsp3) is 0.182. The van der Waals surface area contributed by atoms with Crippen LogP contribution in [0.3, 0.4) is 0 Å². The molecule has 0 unspecified atom stereocenters. The van der Waals surface area contributed by atoms with Crippen LogP contribution in [-0.4, -0.2) is 17.7 Å². The van der Waals surface area contributed by atoms with E-state index in [1.165, 1.54) is 24.3 Å². The summed E-state index contributed by atoms with van der Waals surface area (Å²) in [5, 5.41) is 8.65. The maximum atomic E-state index is 10.6. The van der Waals surface area contributed by atoms with Gasteiger partial charge in [-0.2, -0.15) is 0 Å². The fourth-order valence-electron chi connectivity index (χ4n) is 0.849. The molecule has 0 spiro atoms. The van der Waals surface area contributed by atoms with E-state index in [9.17, 15) is 4.79 Å². The van der Waals surface area contributed by atoms with Crippen molar-refractivity contribution in [2.24, 2.45) is 0 Å². The topological polar surface area (TPSA) is 46.5 Å². The third-order valence-electron chi connectivity index (χ3n) is 1.50. The molecule has 0 saturated heterocycles. The van der Waals surface area contributed by atoms with E-state index in [4.69, 9.17) is 14.0 Å². The van der Waals surface area contributed by atoms with E-state index in [0.29, 0.717) is 5.75 Å². The molecule has 0 bridgehead atoms. The van der Waals surface area contributed by atoms with Crippen LogP contribution in [0.5, 0.6) is 5.75 Å². The minimum absolute atomic E-state index is 0.0508. The number of rotatable bonds is 3. The van der Waals surface area contributed by atoms with Crippen LogP contribution in [0.4, 0.5) is 0 Å². The molecule has 0 radical (unpaired) electrons. The zero-order chi connectivity index (χ0) is 12.9. The standard InChI is InChI=1S/C11H10O3/c1-2-3-8-14-10-6-4-9(5-7-10)11(12)13/h4-7H,8H2,1H3,(H,12,13)/i1D3. The lowest BCUT2D eigenvalue weighted by Crippen LogP contribution is -1.97. The lowest BCUT2D eigenvalue weighted by Gasteiger charge is -2.01. The summed E-state index contributed by atoms with van der Waals surface area (Å²) in [4.78, 5) is 10.6. The lowest BCUT2D eigenvalue weighted by atomic mass is 10.2. The predicted octanol–water partition coefficient (Wildman–Crippen LogP) is 1.79. The average molecular weight is 193 g/mol. The van der Waals surface area contributed by atoms with Crippen LogP contribution in [0.1, 0.15) is 21.3 Å². The monoisotopic (exact) mass is 193 g/mol. The van der Waals surface area contributed by atoms with Gasteiger partial charge < -0.3 is 9.84 Å². The normalized spacial score (nSPS) is 12.7. The molecule has 0 aliphatic carbocycles. The highest BCUT2D eigenvalue weighted by molar-refractivity contribution is 5.87. The number of carbonyl (C=O) groups is 1. The van der Waals surface area contributed by atoms with Crippen molar-refractivity contribution >= 4 is 5.97 Å². The highest BCUT2D eigenvalue weighted by Gasteiger charge is 2.01. The van der Waals surface area contributed by atoms with Crippen LogP contribution in [-0.2, 0) is 0 Å². The smallest absolute Gasteiger partial charge is 0.335 e. The first-order chi connectivity index (χ1) is 7.88. The Bertz CT molecular complexity index is 452. The minimum atomic E-state index is -2.28. The summed E-state index contributed by atoms with van der Waals surface area (Å²) in [6.07, 6.45) is 0. The molecule has 0 heterocycles. The molecule has 1 rings (SSSR count). The van der Waals surface area contributed by atoms with E-state index < -0.39 is 12.8 Å². The van der Waals surface area contributed by atoms with E-state index in [2.05, 4.69) is 11.8 Å². The molecule has 14 heavy (non-hydrogen) atoms. The number of hydrogen-bond donors (Lipinski definition) is 1. The summed E-state index contributed by atoms with van der Waals surface area (Å²) < 4.78 is 25.6. The molecule has 0 aliphatic heterocycles. The fourth-order valence-corrected chi connectivity index (χ4v) is 0.849. The number of ether oxygens (including phenoxy) is 1. The molecule has 0 saturated carbocycles. The van der Waals surface area contributed by atoms with Crippen molar-refractivity contribution < 1.29 is 18.8 Å². The molecule has 0 aromatic heterocycles. The van der Waals surface area contributed by atoms with Crippen LogP contribution in [0.25, 0.3) is 0 Å². The second-order valence-corrected chi connectivity index (χ2v) is 2.42. The van der Waals surface area contributed by atoms with Crippen molar-refractivity contribution in [1.82, 2.24) is 0 Å². The van der Waals surface area contributed by atoms with Gasteiger partial charge >= 0.3 is 5.97 Å². The van der Waals surface area contributed by atoms with E-state index in [1.54, 1.807) is 0 Å². The largest absolute Gasteiger partial charge is 0.481 e. The zero-order valence-electron chi connectivity index (χ0n) is 10.3. The molecule has 0 fully saturated rings. The van der Waals surface area contributed by atoms with Crippen LogP contribution in [0, 0.1) is 11.8 Å². The zero-order valence-corrected chi connectivity index (χ0v) is 7.28. The Morgan fingerprint density at radius 3 is 2.86 bits per heavy atom. The van der Waals surface area contributed by atoms with Crippen LogP contribution < -0.4 is 4.74 Å². The maximum Gasteiger partial charge on any atom is 0.335 e. The third-order valence-corrected chi connectivity index (χ3v) is 1.50. The van der Waals surface area contributed by atoms with Gasteiger partial charge in [-0.05, 0) is 31.1 Å². The molecule has 0 amide bonds. The van der Waals surface area contributed by atoms with Crippen molar-refractivity contribution in [3.63, 3.8) is 0 Å². The Morgan fingerprint density at radius 2 is 2.29 bits per heavy atom. The summed E-state index contributed by atoms with van der Waals surface area (Å²) in [7, 11) is 0. The van der Waals surface area contributed by atoms with Gasteiger partial charge in [0.15, 0.2) is 0 Å². The van der Waals surface area contributed by atoms with Gasteiger partial charge in [0.25, 0.3) is 0 Å². The van der Waals surface area contributed by atoms with E-state index in [-0.39, 0.29) is 12.2 Å². The van der Waals surface area contributed by atoms with E-state index in [1.807, 2.05) is 0 Å². The number of carboxylic acid groups (broad SMARTS) is 1. The van der Waals surface area contributed by atoms with Gasteiger partial charge in [0.1, 0.15) is 12.4 Å². The van der Waals surface area contributed by atoms with Gasteiger partial charge in [-0.1, -0.05) is 5.92 Å². The van der Waals surface area contributed by atoms with Gasteiger partial charge in [-0.3, -0.25) is 0 Å². The summed E-state index contributed by atoms with van der Waals surface area (Å²) in [5.41, 5.74) is 0.158. The Labute approximate surface area is 86.5 Å². The molecule has 3 nitrogen and oxygen atoms in total.